The van der Waals surface area contributed by atoms with E-state index in [4.69, 9.17) is 0 Å². The molecular formula is C11H23N2Y-. The molecule has 0 aliphatic carbocycles. The van der Waals surface area contributed by atoms with Gasteiger partial charge in [-0.15, -0.1) is 13.1 Å². The van der Waals surface area contributed by atoms with Crippen molar-refractivity contribution in [2.45, 2.75) is 26.7 Å². The number of piperidine rings is 2. The Kier molecular flexibility index (Phi) is 8.81. The number of nitrogens with zero attached hydrogens (tertiary/aromatic N) is 2. The van der Waals surface area contributed by atoms with Gasteiger partial charge in [0.2, 0.25) is 0 Å². The third-order valence-electron chi connectivity index (χ3n) is 3.12. The maximum absolute atomic E-state index is 4.47. The summed E-state index contributed by atoms with van der Waals surface area (Å²) < 4.78 is 0. The van der Waals surface area contributed by atoms with Crippen LogP contribution in [0.4, 0.5) is 0 Å². The fourth-order valence-corrected chi connectivity index (χ4v) is 2.34. The summed E-state index contributed by atoms with van der Waals surface area (Å²) in [5.41, 5.74) is 0. The van der Waals surface area contributed by atoms with Crippen LogP contribution in [0.1, 0.15) is 26.7 Å². The molecule has 0 bridgehead atoms. The Balaban J connectivity index is 0.000000531. The van der Waals surface area contributed by atoms with Crippen LogP contribution in [0.3, 0.4) is 0 Å². The predicted molar refractivity (Wildman–Crippen MR) is 58.2 cm³/mol. The summed E-state index contributed by atoms with van der Waals surface area (Å²) >= 11 is 0. The van der Waals surface area contributed by atoms with E-state index in [1.165, 1.54) is 25.9 Å². The zero-order valence-corrected chi connectivity index (χ0v) is 12.7. The molecule has 2 rings (SSSR count). The number of hydrogen-bond acceptors (Lipinski definition) is 1. The first-order valence-electron chi connectivity index (χ1n) is 5.68. The molecule has 0 amide bonds. The van der Waals surface area contributed by atoms with Crippen LogP contribution in [-0.2, 0) is 32.7 Å². The average molecular weight is 272 g/mol. The monoisotopic (exact) mass is 272 g/mol. The standard InChI is InChI=1S/C9H17N2.C2H6.Y/c1-11-5-3-8-6-10-4-2-9(8)7-11;1-2;/h8-9H,2-7H2,1H3;1-2H3;/q-1;;. The smallest absolute Gasteiger partial charge is 0.000802 e. The van der Waals surface area contributed by atoms with Crippen LogP contribution in [0.5, 0.6) is 0 Å². The molecule has 2 fully saturated rings. The summed E-state index contributed by atoms with van der Waals surface area (Å²) in [6.07, 6.45) is 2.72. The van der Waals surface area contributed by atoms with Crippen LogP contribution in [0.25, 0.3) is 5.32 Å². The molecule has 0 aromatic heterocycles. The van der Waals surface area contributed by atoms with Crippen LogP contribution in [-0.4, -0.2) is 38.1 Å². The molecular weight excluding hydrogens is 249 g/mol. The molecule has 2 heterocycles. The molecule has 14 heavy (non-hydrogen) atoms. The zero-order chi connectivity index (χ0) is 9.68. The second kappa shape index (κ2) is 8.21. The van der Waals surface area contributed by atoms with Gasteiger partial charge in [0.15, 0.2) is 0 Å². The summed E-state index contributed by atoms with van der Waals surface area (Å²) in [5, 5.41) is 4.47. The molecule has 3 heteroatoms. The second-order valence-corrected chi connectivity index (χ2v) is 3.99. The van der Waals surface area contributed by atoms with Crippen molar-refractivity contribution in [1.29, 1.82) is 0 Å². The van der Waals surface area contributed by atoms with Crippen LogP contribution in [0.2, 0.25) is 0 Å². The van der Waals surface area contributed by atoms with Gasteiger partial charge in [0.05, 0.1) is 0 Å². The van der Waals surface area contributed by atoms with Gasteiger partial charge in [-0.2, -0.15) is 0 Å². The van der Waals surface area contributed by atoms with Crippen molar-refractivity contribution in [3.05, 3.63) is 5.32 Å². The Morgan fingerprint density at radius 3 is 2.57 bits per heavy atom. The Bertz CT molecular complexity index is 141. The van der Waals surface area contributed by atoms with E-state index in [2.05, 4.69) is 17.3 Å². The van der Waals surface area contributed by atoms with Gasteiger partial charge in [-0.3, -0.25) is 0 Å². The zero-order valence-electron chi connectivity index (χ0n) is 9.87. The van der Waals surface area contributed by atoms with Crippen molar-refractivity contribution in [1.82, 2.24) is 4.90 Å². The van der Waals surface area contributed by atoms with Crippen LogP contribution < -0.4 is 0 Å². The SMILES string of the molecule is CC.CN1CCC2C[N-]CCC2C1.[Y]. The predicted octanol–water partition coefficient (Wildman–Crippen LogP) is 2.36. The molecule has 2 nitrogen and oxygen atoms in total. The largest absolute Gasteiger partial charge is 0.662 e. The Morgan fingerprint density at radius 2 is 1.86 bits per heavy atom. The first-order valence-corrected chi connectivity index (χ1v) is 5.68. The van der Waals surface area contributed by atoms with E-state index >= 15 is 0 Å². The summed E-state index contributed by atoms with van der Waals surface area (Å²) in [5.74, 6) is 1.89. The van der Waals surface area contributed by atoms with Crippen molar-refractivity contribution < 1.29 is 32.7 Å². The number of hydrogen-bond donors (Lipinski definition) is 0. The number of rotatable bonds is 0. The third-order valence-corrected chi connectivity index (χ3v) is 3.12. The van der Waals surface area contributed by atoms with E-state index in [0.717, 1.165) is 24.9 Å². The van der Waals surface area contributed by atoms with E-state index < -0.39 is 0 Å². The van der Waals surface area contributed by atoms with Gasteiger partial charge in [0.25, 0.3) is 0 Å². The van der Waals surface area contributed by atoms with Gasteiger partial charge in [-0.1, -0.05) is 26.2 Å². The molecule has 2 aliphatic heterocycles. The first-order chi connectivity index (χ1) is 6.36. The van der Waals surface area contributed by atoms with Crippen LogP contribution in [0, 0.1) is 11.8 Å². The van der Waals surface area contributed by atoms with E-state index in [-0.39, 0.29) is 32.7 Å². The summed E-state index contributed by atoms with van der Waals surface area (Å²) in [4.78, 5) is 2.46. The van der Waals surface area contributed by atoms with E-state index in [9.17, 15) is 0 Å². The molecule has 2 unspecified atom stereocenters. The minimum Gasteiger partial charge on any atom is -0.662 e. The molecule has 0 aromatic rings. The van der Waals surface area contributed by atoms with Crippen molar-refractivity contribution in [2.24, 2.45) is 11.8 Å². The summed E-state index contributed by atoms with van der Waals surface area (Å²) in [6, 6.07) is 0. The maximum atomic E-state index is 4.47. The maximum Gasteiger partial charge on any atom is 0.000802 e. The fraction of sp³-hybridized carbons (Fsp3) is 1.00. The molecule has 1 radical (unpaired) electrons. The minimum absolute atomic E-state index is 0. The van der Waals surface area contributed by atoms with Crippen molar-refractivity contribution >= 4 is 0 Å². The van der Waals surface area contributed by atoms with Gasteiger partial charge >= 0.3 is 0 Å². The first kappa shape index (κ1) is 15.0. The summed E-state index contributed by atoms with van der Waals surface area (Å²) in [7, 11) is 2.24. The Morgan fingerprint density at radius 1 is 1.14 bits per heavy atom. The molecule has 81 valence electrons. The van der Waals surface area contributed by atoms with Crippen LogP contribution >= 0.6 is 0 Å². The van der Waals surface area contributed by atoms with Gasteiger partial charge in [-0.25, -0.2) is 0 Å². The molecule has 0 N–H and O–H groups in total. The number of fused-ring (bicyclic) bond motifs is 1. The Labute approximate surface area is 114 Å². The molecule has 2 aliphatic rings. The minimum atomic E-state index is 0. The van der Waals surface area contributed by atoms with Gasteiger partial charge in [0.1, 0.15) is 0 Å². The van der Waals surface area contributed by atoms with E-state index in [1.54, 1.807) is 0 Å². The van der Waals surface area contributed by atoms with Crippen LogP contribution in [0.15, 0.2) is 0 Å². The van der Waals surface area contributed by atoms with Crippen molar-refractivity contribution in [3.63, 3.8) is 0 Å². The summed E-state index contributed by atoms with van der Waals surface area (Å²) in [6.45, 7) is 8.88. The molecule has 0 saturated carbocycles. The third kappa shape index (κ3) is 4.26. The van der Waals surface area contributed by atoms with E-state index in [1.807, 2.05) is 13.8 Å². The number of likely N-dealkylation sites (tertiary alicyclic amines) is 1. The quantitative estimate of drug-likeness (QED) is 0.661. The van der Waals surface area contributed by atoms with Gasteiger partial charge in [0, 0.05) is 39.3 Å². The average Bonchev–Trinajstić information content (AvgIpc) is 2.21. The second-order valence-electron chi connectivity index (χ2n) is 3.99. The molecule has 2 saturated heterocycles. The van der Waals surface area contributed by atoms with Gasteiger partial charge < -0.3 is 10.2 Å². The topological polar surface area (TPSA) is 17.3 Å². The van der Waals surface area contributed by atoms with Crippen molar-refractivity contribution in [3.8, 4) is 0 Å². The molecule has 0 aromatic carbocycles. The van der Waals surface area contributed by atoms with Gasteiger partial charge in [-0.05, 0) is 25.9 Å². The normalized spacial score (nSPS) is 31.9. The molecule has 0 spiro atoms. The van der Waals surface area contributed by atoms with Crippen molar-refractivity contribution in [2.75, 3.05) is 33.2 Å². The van der Waals surface area contributed by atoms with E-state index in [0.29, 0.717) is 0 Å². The molecule has 2 atom stereocenters. The fourth-order valence-electron chi connectivity index (χ4n) is 2.34. The Hall–Kier alpha value is 1.02.